The molecule has 11 heteroatoms. The summed E-state index contributed by atoms with van der Waals surface area (Å²) < 4.78 is 27.3. The van der Waals surface area contributed by atoms with E-state index >= 15 is 0 Å². The summed E-state index contributed by atoms with van der Waals surface area (Å²) >= 11 is 6.80. The van der Waals surface area contributed by atoms with Gasteiger partial charge in [0.2, 0.25) is 10.0 Å². The minimum absolute atomic E-state index is 0. The molecule has 0 saturated heterocycles. The van der Waals surface area contributed by atoms with Gasteiger partial charge in [-0.05, 0) is 31.2 Å². The summed E-state index contributed by atoms with van der Waals surface area (Å²) in [5.41, 5.74) is 0.856. The Morgan fingerprint density at radius 3 is 2.65 bits per heavy atom. The number of pyridine rings is 1. The third-order valence-corrected chi connectivity index (χ3v) is 6.18. The van der Waals surface area contributed by atoms with Gasteiger partial charge in [0.1, 0.15) is 4.21 Å². The van der Waals surface area contributed by atoms with E-state index in [2.05, 4.69) is 25.3 Å². The van der Waals surface area contributed by atoms with Crippen molar-refractivity contribution in [2.24, 2.45) is 4.99 Å². The lowest BCUT2D eigenvalue weighted by Crippen LogP contribution is -2.41. The quantitative estimate of drug-likeness (QED) is 0.211. The monoisotopic (exact) mass is 529 g/mol. The Bertz CT molecular complexity index is 799. The third-order valence-electron chi connectivity index (χ3n) is 2.99. The minimum Gasteiger partial charge on any atom is -0.357 e. The molecule has 2 aromatic heterocycles. The van der Waals surface area contributed by atoms with Gasteiger partial charge in [-0.25, -0.2) is 18.1 Å². The van der Waals surface area contributed by atoms with E-state index in [4.69, 9.17) is 11.6 Å². The van der Waals surface area contributed by atoms with E-state index in [-0.39, 0.29) is 34.7 Å². The number of nitrogens with zero attached hydrogens (tertiary/aromatic N) is 2. The molecule has 0 amide bonds. The van der Waals surface area contributed by atoms with Crippen LogP contribution in [0.4, 0.5) is 0 Å². The number of halogens is 2. The smallest absolute Gasteiger partial charge is 0.250 e. The van der Waals surface area contributed by atoms with Crippen LogP contribution in [0.5, 0.6) is 0 Å². The van der Waals surface area contributed by atoms with Crippen LogP contribution in [0.1, 0.15) is 12.6 Å². The van der Waals surface area contributed by atoms with Crippen LogP contribution in [0.3, 0.4) is 0 Å². The summed E-state index contributed by atoms with van der Waals surface area (Å²) in [6.45, 7) is 3.72. The Morgan fingerprint density at radius 2 is 2.04 bits per heavy atom. The molecule has 144 valence electrons. The molecular formula is C15H21ClIN5O2S2. The maximum Gasteiger partial charge on any atom is 0.250 e. The van der Waals surface area contributed by atoms with Crippen molar-refractivity contribution in [2.75, 3.05) is 19.6 Å². The highest BCUT2D eigenvalue weighted by molar-refractivity contribution is 14.0. The summed E-state index contributed by atoms with van der Waals surface area (Å²) in [5, 5.41) is 6.19. The lowest BCUT2D eigenvalue weighted by Gasteiger charge is -2.11. The van der Waals surface area contributed by atoms with E-state index in [0.717, 1.165) is 17.0 Å². The molecule has 0 spiro atoms. The molecule has 0 radical (unpaired) electrons. The third kappa shape index (κ3) is 7.74. The molecule has 0 unspecified atom stereocenters. The highest BCUT2D eigenvalue weighted by Gasteiger charge is 2.15. The fourth-order valence-electron chi connectivity index (χ4n) is 1.87. The predicted octanol–water partition coefficient (Wildman–Crippen LogP) is 2.45. The number of guanidine groups is 1. The maximum atomic E-state index is 12.1. The Morgan fingerprint density at radius 1 is 1.23 bits per heavy atom. The van der Waals surface area contributed by atoms with Crippen LogP contribution in [0.2, 0.25) is 4.34 Å². The van der Waals surface area contributed by atoms with Crippen molar-refractivity contribution in [1.29, 1.82) is 0 Å². The van der Waals surface area contributed by atoms with Gasteiger partial charge in [-0.1, -0.05) is 17.7 Å². The topological polar surface area (TPSA) is 95.5 Å². The van der Waals surface area contributed by atoms with Gasteiger partial charge in [0.15, 0.2) is 5.96 Å². The van der Waals surface area contributed by atoms with Gasteiger partial charge in [0.25, 0.3) is 0 Å². The number of rotatable bonds is 8. The SMILES string of the molecule is CCNC(=NCc1ccccn1)NCCNS(=O)(=O)c1ccc(Cl)s1.I. The van der Waals surface area contributed by atoms with Gasteiger partial charge in [-0.2, -0.15) is 0 Å². The Balaban J connectivity index is 0.00000338. The maximum absolute atomic E-state index is 12.1. The van der Waals surface area contributed by atoms with Crippen LogP contribution in [0, 0.1) is 0 Å². The number of sulfonamides is 1. The first kappa shape index (κ1) is 23.1. The summed E-state index contributed by atoms with van der Waals surface area (Å²) in [6.07, 6.45) is 1.72. The van der Waals surface area contributed by atoms with Gasteiger partial charge in [0.05, 0.1) is 16.6 Å². The first-order valence-corrected chi connectivity index (χ1v) is 10.4. The normalized spacial score (nSPS) is 11.7. The molecule has 0 aromatic carbocycles. The molecule has 0 atom stereocenters. The molecular weight excluding hydrogens is 509 g/mol. The molecule has 7 nitrogen and oxygen atoms in total. The first-order valence-electron chi connectivity index (χ1n) is 7.68. The van der Waals surface area contributed by atoms with Crippen LogP contribution in [-0.2, 0) is 16.6 Å². The molecule has 2 heterocycles. The summed E-state index contributed by atoms with van der Waals surface area (Å²) in [5.74, 6) is 0.603. The van der Waals surface area contributed by atoms with Crippen molar-refractivity contribution in [3.63, 3.8) is 0 Å². The van der Waals surface area contributed by atoms with Crippen molar-refractivity contribution in [1.82, 2.24) is 20.3 Å². The van der Waals surface area contributed by atoms with Gasteiger partial charge in [-0.3, -0.25) is 4.98 Å². The molecule has 0 aliphatic heterocycles. The zero-order chi connectivity index (χ0) is 18.1. The summed E-state index contributed by atoms with van der Waals surface area (Å²) in [4.78, 5) is 8.63. The molecule has 2 rings (SSSR count). The molecule has 3 N–H and O–H groups in total. The minimum atomic E-state index is -3.53. The van der Waals surface area contributed by atoms with Gasteiger partial charge in [-0.15, -0.1) is 35.3 Å². The number of aromatic nitrogens is 1. The van der Waals surface area contributed by atoms with Crippen LogP contribution in [0.25, 0.3) is 0 Å². The zero-order valence-electron chi connectivity index (χ0n) is 14.1. The number of thiophene rings is 1. The summed E-state index contributed by atoms with van der Waals surface area (Å²) in [6, 6.07) is 8.70. The molecule has 0 aliphatic carbocycles. The fourth-order valence-corrected chi connectivity index (χ4v) is 4.43. The Kier molecular flexibility index (Phi) is 10.4. The van der Waals surface area contributed by atoms with Crippen molar-refractivity contribution in [3.05, 3.63) is 46.6 Å². The highest BCUT2D eigenvalue weighted by Crippen LogP contribution is 2.25. The van der Waals surface area contributed by atoms with Crippen LogP contribution < -0.4 is 15.4 Å². The van der Waals surface area contributed by atoms with Crippen molar-refractivity contribution < 1.29 is 8.42 Å². The van der Waals surface area contributed by atoms with Crippen molar-refractivity contribution in [3.8, 4) is 0 Å². The second kappa shape index (κ2) is 11.7. The summed E-state index contributed by atoms with van der Waals surface area (Å²) in [7, 11) is -3.53. The van der Waals surface area contributed by atoms with E-state index in [1.54, 1.807) is 12.3 Å². The second-order valence-corrected chi connectivity index (χ2v) is 8.61. The Labute approximate surface area is 179 Å². The molecule has 0 bridgehead atoms. The average molecular weight is 530 g/mol. The van der Waals surface area contributed by atoms with Crippen LogP contribution in [-0.4, -0.2) is 39.0 Å². The molecule has 0 saturated carbocycles. The highest BCUT2D eigenvalue weighted by atomic mass is 127. The largest absolute Gasteiger partial charge is 0.357 e. The molecule has 0 fully saturated rings. The Hall–Kier alpha value is -0.950. The van der Waals surface area contributed by atoms with Crippen LogP contribution in [0.15, 0.2) is 45.7 Å². The number of nitrogens with one attached hydrogen (secondary N) is 3. The van der Waals surface area contributed by atoms with Gasteiger partial charge < -0.3 is 10.6 Å². The van der Waals surface area contributed by atoms with E-state index in [1.165, 1.54) is 6.07 Å². The van der Waals surface area contributed by atoms with E-state index in [0.29, 0.717) is 29.9 Å². The van der Waals surface area contributed by atoms with E-state index in [9.17, 15) is 8.42 Å². The van der Waals surface area contributed by atoms with Gasteiger partial charge >= 0.3 is 0 Å². The number of hydrogen-bond acceptors (Lipinski definition) is 5. The first-order chi connectivity index (χ1) is 12.0. The van der Waals surface area contributed by atoms with Crippen LogP contribution >= 0.6 is 46.9 Å². The molecule has 26 heavy (non-hydrogen) atoms. The number of aliphatic imine (C=N–C) groups is 1. The average Bonchev–Trinajstić information content (AvgIpc) is 3.05. The second-order valence-electron chi connectivity index (χ2n) is 4.90. The van der Waals surface area contributed by atoms with E-state index in [1.807, 2.05) is 25.1 Å². The number of hydrogen-bond donors (Lipinski definition) is 3. The lowest BCUT2D eigenvalue weighted by molar-refractivity contribution is 0.582. The van der Waals surface area contributed by atoms with Crippen molar-refractivity contribution >= 4 is 62.9 Å². The molecule has 0 aliphatic rings. The standard InChI is InChI=1S/C15H20ClN5O2S2.HI/c1-2-17-15(20-11-12-5-3-4-8-18-12)19-9-10-21-25(22,23)14-7-6-13(16)24-14;/h3-8,21H,2,9-11H2,1H3,(H2,17,19,20);1H. The zero-order valence-corrected chi connectivity index (χ0v) is 18.8. The molecule has 2 aromatic rings. The van der Waals surface area contributed by atoms with Gasteiger partial charge in [0, 0.05) is 25.8 Å². The fraction of sp³-hybridized carbons (Fsp3) is 0.333. The van der Waals surface area contributed by atoms with Crippen molar-refractivity contribution in [2.45, 2.75) is 17.7 Å². The lowest BCUT2D eigenvalue weighted by atomic mass is 10.3. The van der Waals surface area contributed by atoms with E-state index < -0.39 is 10.0 Å². The predicted molar refractivity (Wildman–Crippen MR) is 117 cm³/mol.